The fraction of sp³-hybridized carbons (Fsp3) is 0.542. The highest BCUT2D eigenvalue weighted by molar-refractivity contribution is 6.74. The average Bonchev–Trinajstić information content (AvgIpc) is 3.23. The molecular formula is C24H35BN4O3Si. The summed E-state index contributed by atoms with van der Waals surface area (Å²) in [5, 5.41) is 5.73. The molecule has 0 amide bonds. The number of fused-ring (bicyclic) bond motifs is 1. The first kappa shape index (κ1) is 24.1. The molecule has 0 radical (unpaired) electrons. The summed E-state index contributed by atoms with van der Waals surface area (Å²) in [4.78, 5) is 9.21. The lowest BCUT2D eigenvalue weighted by molar-refractivity contribution is 0.00578. The summed E-state index contributed by atoms with van der Waals surface area (Å²) in [6.45, 7) is 19.8. The van der Waals surface area contributed by atoms with Gasteiger partial charge in [0.15, 0.2) is 14.1 Å². The van der Waals surface area contributed by atoms with Crippen LogP contribution in [0.5, 0.6) is 0 Å². The third-order valence-electron chi connectivity index (χ3n) is 7.40. The van der Waals surface area contributed by atoms with Gasteiger partial charge in [-0.2, -0.15) is 5.10 Å². The van der Waals surface area contributed by atoms with Crippen LogP contribution in [-0.2, 0) is 20.3 Å². The van der Waals surface area contributed by atoms with E-state index >= 15 is 0 Å². The van der Waals surface area contributed by atoms with Gasteiger partial charge in [0.05, 0.1) is 47.6 Å². The number of nitrogens with zero attached hydrogens (tertiary/aromatic N) is 4. The van der Waals surface area contributed by atoms with E-state index in [2.05, 4.69) is 77.7 Å². The van der Waals surface area contributed by atoms with Crippen molar-refractivity contribution in [2.75, 3.05) is 0 Å². The summed E-state index contributed by atoms with van der Waals surface area (Å²) in [5.41, 5.74) is 1.89. The molecule has 0 N–H and O–H groups in total. The molecule has 0 atom stereocenters. The number of benzene rings is 1. The molecule has 3 aromatic rings. The molecule has 1 aromatic carbocycles. The third kappa shape index (κ3) is 4.51. The minimum absolute atomic E-state index is 0.139. The van der Waals surface area contributed by atoms with Crippen LogP contribution in [0.4, 0.5) is 0 Å². The van der Waals surface area contributed by atoms with Gasteiger partial charge in [-0.1, -0.05) is 32.9 Å². The number of hydrogen-bond acceptors (Lipinski definition) is 6. The first-order valence-electron chi connectivity index (χ1n) is 11.5. The number of aromatic nitrogens is 4. The lowest BCUT2D eigenvalue weighted by Crippen LogP contribution is -2.41. The van der Waals surface area contributed by atoms with E-state index in [9.17, 15) is 0 Å². The fourth-order valence-corrected chi connectivity index (χ4v) is 4.32. The predicted octanol–water partition coefficient (Wildman–Crippen LogP) is 4.64. The smallest absolute Gasteiger partial charge is 0.411 e. The monoisotopic (exact) mass is 466 g/mol. The molecule has 0 saturated carbocycles. The molecule has 9 heteroatoms. The topological polar surface area (TPSA) is 71.3 Å². The Bertz CT molecular complexity index is 1150. The average molecular weight is 466 g/mol. The van der Waals surface area contributed by atoms with Gasteiger partial charge in [-0.3, -0.25) is 4.98 Å². The van der Waals surface area contributed by atoms with E-state index in [0.29, 0.717) is 12.4 Å². The normalized spacial score (nSPS) is 18.3. The van der Waals surface area contributed by atoms with Gasteiger partial charge in [0, 0.05) is 5.39 Å². The SMILES string of the molecule is CC1(C)OB(c2ccc3cnn(-c4cncc(CO[Si](C)(C)C(C)(C)C)n4)c3c2)OC1(C)C. The highest BCUT2D eigenvalue weighted by atomic mass is 28.4. The van der Waals surface area contributed by atoms with Crippen molar-refractivity contribution in [3.8, 4) is 5.82 Å². The van der Waals surface area contributed by atoms with Crippen molar-refractivity contribution in [3.63, 3.8) is 0 Å². The third-order valence-corrected chi connectivity index (χ3v) is 11.9. The van der Waals surface area contributed by atoms with E-state index in [1.165, 1.54) is 0 Å². The Hall–Kier alpha value is -2.07. The highest BCUT2D eigenvalue weighted by Crippen LogP contribution is 2.37. The highest BCUT2D eigenvalue weighted by Gasteiger charge is 2.51. The molecular weight excluding hydrogens is 431 g/mol. The van der Waals surface area contributed by atoms with Gasteiger partial charge in [0.2, 0.25) is 0 Å². The molecule has 1 saturated heterocycles. The van der Waals surface area contributed by atoms with Crippen molar-refractivity contribution in [3.05, 3.63) is 42.5 Å². The molecule has 3 heterocycles. The van der Waals surface area contributed by atoms with Gasteiger partial charge in [0.1, 0.15) is 0 Å². The quantitative estimate of drug-likeness (QED) is 0.511. The molecule has 1 fully saturated rings. The van der Waals surface area contributed by atoms with Crippen LogP contribution in [0.1, 0.15) is 54.2 Å². The summed E-state index contributed by atoms with van der Waals surface area (Å²) in [5.74, 6) is 0.660. The van der Waals surface area contributed by atoms with Crippen LogP contribution in [0.15, 0.2) is 36.8 Å². The Labute approximate surface area is 198 Å². The summed E-state index contributed by atoms with van der Waals surface area (Å²) in [6, 6.07) is 6.13. The molecule has 176 valence electrons. The van der Waals surface area contributed by atoms with E-state index in [-0.39, 0.29) is 5.04 Å². The van der Waals surface area contributed by atoms with Crippen LogP contribution in [0.25, 0.3) is 16.7 Å². The second-order valence-corrected chi connectivity index (χ2v) is 16.2. The van der Waals surface area contributed by atoms with Gasteiger partial charge >= 0.3 is 7.12 Å². The van der Waals surface area contributed by atoms with Crippen LogP contribution in [0.2, 0.25) is 18.1 Å². The Kier molecular flexibility index (Phi) is 5.84. The minimum atomic E-state index is -1.88. The molecule has 33 heavy (non-hydrogen) atoms. The van der Waals surface area contributed by atoms with Crippen LogP contribution in [0.3, 0.4) is 0 Å². The van der Waals surface area contributed by atoms with E-state index in [1.54, 1.807) is 12.4 Å². The maximum Gasteiger partial charge on any atom is 0.494 e. The number of hydrogen-bond donors (Lipinski definition) is 0. The maximum absolute atomic E-state index is 6.34. The second-order valence-electron chi connectivity index (χ2n) is 11.4. The molecule has 4 rings (SSSR count). The van der Waals surface area contributed by atoms with Crippen molar-refractivity contribution in [2.45, 2.75) is 84.4 Å². The maximum atomic E-state index is 6.34. The molecule has 1 aliphatic heterocycles. The zero-order valence-electron chi connectivity index (χ0n) is 21.3. The van der Waals surface area contributed by atoms with E-state index < -0.39 is 26.6 Å². The fourth-order valence-electron chi connectivity index (χ4n) is 3.38. The van der Waals surface area contributed by atoms with Gasteiger partial charge in [-0.25, -0.2) is 9.67 Å². The largest absolute Gasteiger partial charge is 0.494 e. The first-order chi connectivity index (χ1) is 15.2. The van der Waals surface area contributed by atoms with Crippen LogP contribution in [0, 0.1) is 0 Å². The summed E-state index contributed by atoms with van der Waals surface area (Å²) >= 11 is 0. The lowest BCUT2D eigenvalue weighted by Gasteiger charge is -2.36. The minimum Gasteiger partial charge on any atom is -0.411 e. The van der Waals surface area contributed by atoms with Crippen LogP contribution in [-0.4, -0.2) is 46.4 Å². The zero-order chi connectivity index (χ0) is 24.2. The Balaban J connectivity index is 1.62. The Morgan fingerprint density at radius 3 is 2.33 bits per heavy atom. The van der Waals surface area contributed by atoms with Crippen molar-refractivity contribution in [1.29, 1.82) is 0 Å². The standard InChI is InChI=1S/C24H35BN4O3Si/c1-22(2,3)33(8,9)30-16-19-14-26-15-21(28-19)29-20-12-18(11-10-17(20)13-27-29)25-31-23(4,5)24(6,7)32-25/h10-15H,16H2,1-9H3. The Morgan fingerprint density at radius 2 is 1.70 bits per heavy atom. The lowest BCUT2D eigenvalue weighted by atomic mass is 9.79. The predicted molar refractivity (Wildman–Crippen MR) is 134 cm³/mol. The van der Waals surface area contributed by atoms with Gasteiger partial charge in [-0.15, -0.1) is 0 Å². The van der Waals surface area contributed by atoms with E-state index in [4.69, 9.17) is 18.7 Å². The van der Waals surface area contributed by atoms with Crippen molar-refractivity contribution in [1.82, 2.24) is 19.7 Å². The van der Waals surface area contributed by atoms with Crippen molar-refractivity contribution in [2.24, 2.45) is 0 Å². The second kappa shape index (κ2) is 8.01. The van der Waals surface area contributed by atoms with E-state index in [1.807, 2.05) is 23.0 Å². The molecule has 0 spiro atoms. The van der Waals surface area contributed by atoms with Gasteiger partial charge < -0.3 is 13.7 Å². The molecule has 7 nitrogen and oxygen atoms in total. The van der Waals surface area contributed by atoms with Crippen LogP contribution >= 0.6 is 0 Å². The Morgan fingerprint density at radius 1 is 1.03 bits per heavy atom. The van der Waals surface area contributed by atoms with Gasteiger partial charge in [0.25, 0.3) is 0 Å². The van der Waals surface area contributed by atoms with Crippen LogP contribution < -0.4 is 5.46 Å². The zero-order valence-corrected chi connectivity index (χ0v) is 22.3. The first-order valence-corrected chi connectivity index (χ1v) is 14.4. The molecule has 2 aromatic heterocycles. The van der Waals surface area contributed by atoms with Crippen molar-refractivity contribution < 1.29 is 13.7 Å². The van der Waals surface area contributed by atoms with E-state index in [0.717, 1.165) is 22.1 Å². The number of rotatable bonds is 5. The summed E-state index contributed by atoms with van der Waals surface area (Å²) < 4.78 is 20.6. The molecule has 0 unspecified atom stereocenters. The van der Waals surface area contributed by atoms with Crippen molar-refractivity contribution >= 4 is 31.8 Å². The van der Waals surface area contributed by atoms with Gasteiger partial charge in [-0.05, 0) is 57.4 Å². The molecule has 0 bridgehead atoms. The molecule has 0 aliphatic carbocycles. The summed E-state index contributed by atoms with van der Waals surface area (Å²) in [7, 11) is -2.31. The molecule has 1 aliphatic rings. The summed E-state index contributed by atoms with van der Waals surface area (Å²) in [6.07, 6.45) is 5.33.